The first-order valence-corrected chi connectivity index (χ1v) is 15.0. The quantitative estimate of drug-likeness (QED) is 0.249. The summed E-state index contributed by atoms with van der Waals surface area (Å²) in [7, 11) is 3.15. The Hall–Kier alpha value is -3.42. The molecule has 2 amide bonds. The first-order chi connectivity index (χ1) is 18.5. The van der Waals surface area contributed by atoms with Crippen molar-refractivity contribution in [3.8, 4) is 0 Å². The van der Waals surface area contributed by atoms with Crippen molar-refractivity contribution in [2.24, 2.45) is 5.41 Å². The molecule has 5 rings (SSSR count). The lowest BCUT2D eigenvalue weighted by molar-refractivity contribution is 0.164. The Labute approximate surface area is 228 Å². The lowest BCUT2D eigenvalue weighted by Gasteiger charge is -2.31. The molecule has 4 aromatic carbocycles. The van der Waals surface area contributed by atoms with Crippen LogP contribution in [0.3, 0.4) is 0 Å². The van der Waals surface area contributed by atoms with E-state index in [1.807, 2.05) is 14.1 Å². The Morgan fingerprint density at radius 2 is 1.16 bits per heavy atom. The fourth-order valence-electron chi connectivity index (χ4n) is 5.97. The summed E-state index contributed by atoms with van der Waals surface area (Å²) in [6.07, 6.45) is 3.89. The smallest absolute Gasteiger partial charge is 0.319 e. The van der Waals surface area contributed by atoms with E-state index in [4.69, 9.17) is 0 Å². The van der Waals surface area contributed by atoms with Crippen LogP contribution in [0.15, 0.2) is 121 Å². The van der Waals surface area contributed by atoms with Crippen LogP contribution >= 0.6 is 7.92 Å². The third-order valence-corrected chi connectivity index (χ3v) is 10.2. The topological polar surface area (TPSA) is 23.6 Å². The monoisotopic (exact) mass is 520 g/mol. The molecule has 1 atom stereocenters. The number of nitrogens with zero attached hydrogens (tertiary/aromatic N) is 2. The summed E-state index contributed by atoms with van der Waals surface area (Å²) in [4.78, 5) is 17.6. The minimum absolute atomic E-state index is 0.0204. The molecule has 1 saturated heterocycles. The first-order valence-electron chi connectivity index (χ1n) is 13.5. The van der Waals surface area contributed by atoms with Crippen molar-refractivity contribution in [2.45, 2.75) is 25.3 Å². The molecule has 4 heteroatoms. The van der Waals surface area contributed by atoms with Crippen molar-refractivity contribution in [3.63, 3.8) is 0 Å². The van der Waals surface area contributed by atoms with Gasteiger partial charge in [-0.1, -0.05) is 121 Å². The van der Waals surface area contributed by atoms with E-state index in [-0.39, 0.29) is 17.5 Å². The number of rotatable bonds is 8. The van der Waals surface area contributed by atoms with Gasteiger partial charge in [-0.05, 0) is 60.5 Å². The highest BCUT2D eigenvalue weighted by Crippen LogP contribution is 2.46. The Kier molecular flexibility index (Phi) is 8.25. The number of hydrogen-bond donors (Lipinski definition) is 0. The molecular weight excluding hydrogens is 483 g/mol. The van der Waals surface area contributed by atoms with Gasteiger partial charge in [0.25, 0.3) is 0 Å². The van der Waals surface area contributed by atoms with E-state index >= 15 is 0 Å². The number of amides is 2. The minimum atomic E-state index is -0.605. The van der Waals surface area contributed by atoms with Crippen LogP contribution in [0.5, 0.6) is 0 Å². The lowest BCUT2D eigenvalue weighted by Crippen LogP contribution is -2.44. The molecule has 0 aromatic heterocycles. The van der Waals surface area contributed by atoms with Gasteiger partial charge >= 0.3 is 6.03 Å². The highest BCUT2D eigenvalue weighted by atomic mass is 31.1. The van der Waals surface area contributed by atoms with Gasteiger partial charge in [0.1, 0.15) is 0 Å². The van der Waals surface area contributed by atoms with Crippen LogP contribution in [0.4, 0.5) is 4.79 Å². The summed E-state index contributed by atoms with van der Waals surface area (Å²) < 4.78 is 0. The summed E-state index contributed by atoms with van der Waals surface area (Å²) in [5.74, 6) is 0. The molecule has 4 aromatic rings. The Morgan fingerprint density at radius 1 is 0.737 bits per heavy atom. The van der Waals surface area contributed by atoms with E-state index in [2.05, 4.69) is 126 Å². The third-order valence-electron chi connectivity index (χ3n) is 7.62. The highest BCUT2D eigenvalue weighted by molar-refractivity contribution is 7.73. The Bertz CT molecular complexity index is 1210. The molecule has 0 spiro atoms. The molecule has 0 radical (unpaired) electrons. The minimum Gasteiger partial charge on any atom is -0.331 e. The largest absolute Gasteiger partial charge is 0.331 e. The van der Waals surface area contributed by atoms with Crippen molar-refractivity contribution >= 4 is 24.6 Å². The van der Waals surface area contributed by atoms with Gasteiger partial charge in [0.2, 0.25) is 0 Å². The van der Waals surface area contributed by atoms with Crippen molar-refractivity contribution in [3.05, 3.63) is 132 Å². The standard InChI is InChI=1S/C34H37N2OP/c1-35(2)33(37)36-27-34(23-28-15-7-3-8-16-28,24-29-17-9-4-10-18-29)25-30(36)26-38(31-19-11-5-12-20-31)32-21-13-6-14-22-32/h3-22,30H,23-27H2,1-2H3/t30-/m0/s1. The molecule has 1 aliphatic heterocycles. The van der Waals surface area contributed by atoms with Gasteiger partial charge in [0.05, 0.1) is 0 Å². The molecular formula is C34H37N2OP. The normalized spacial score (nSPS) is 16.5. The van der Waals surface area contributed by atoms with Gasteiger partial charge in [-0.15, -0.1) is 0 Å². The second-order valence-corrected chi connectivity index (χ2v) is 13.0. The van der Waals surface area contributed by atoms with Crippen molar-refractivity contribution < 1.29 is 4.79 Å². The number of likely N-dealkylation sites (tertiary alicyclic amines) is 1. The molecule has 1 fully saturated rings. The second kappa shape index (κ2) is 12.0. The van der Waals surface area contributed by atoms with E-state index in [9.17, 15) is 4.79 Å². The maximum Gasteiger partial charge on any atom is 0.319 e. The molecule has 1 heterocycles. The van der Waals surface area contributed by atoms with E-state index in [0.29, 0.717) is 0 Å². The number of benzene rings is 4. The molecule has 38 heavy (non-hydrogen) atoms. The summed E-state index contributed by atoms with van der Waals surface area (Å²) in [6, 6.07) is 43.7. The van der Waals surface area contributed by atoms with Crippen molar-refractivity contribution in [1.29, 1.82) is 0 Å². The summed E-state index contributed by atoms with van der Waals surface area (Å²) in [5, 5.41) is 2.74. The van der Waals surface area contributed by atoms with Gasteiger partial charge in [-0.3, -0.25) is 0 Å². The number of urea groups is 1. The number of carbonyl (C=O) groups is 1. The number of carbonyl (C=O) groups excluding carboxylic acids is 1. The zero-order valence-electron chi connectivity index (χ0n) is 22.4. The predicted octanol–water partition coefficient (Wildman–Crippen LogP) is 6.35. The van der Waals surface area contributed by atoms with Crippen molar-refractivity contribution in [2.75, 3.05) is 26.8 Å². The molecule has 0 unspecified atom stereocenters. The molecule has 0 N–H and O–H groups in total. The average molecular weight is 521 g/mol. The van der Waals surface area contributed by atoms with Crippen molar-refractivity contribution in [1.82, 2.24) is 9.80 Å². The fraction of sp³-hybridized carbons (Fsp3) is 0.265. The first kappa shape index (κ1) is 26.2. The maximum absolute atomic E-state index is 13.7. The second-order valence-electron chi connectivity index (χ2n) is 10.8. The molecule has 0 aliphatic carbocycles. The van der Waals surface area contributed by atoms with Gasteiger partial charge in [0.15, 0.2) is 0 Å². The molecule has 0 saturated carbocycles. The summed E-state index contributed by atoms with van der Waals surface area (Å²) in [6.45, 7) is 0.769. The van der Waals surface area contributed by atoms with Gasteiger partial charge in [-0.25, -0.2) is 4.79 Å². The lowest BCUT2D eigenvalue weighted by atomic mass is 9.75. The van der Waals surface area contributed by atoms with Gasteiger partial charge < -0.3 is 9.80 Å². The molecule has 3 nitrogen and oxygen atoms in total. The predicted molar refractivity (Wildman–Crippen MR) is 161 cm³/mol. The zero-order chi connectivity index (χ0) is 26.4. The van der Waals surface area contributed by atoms with E-state index in [0.717, 1.165) is 32.0 Å². The number of hydrogen-bond acceptors (Lipinski definition) is 1. The molecule has 194 valence electrons. The Morgan fingerprint density at radius 3 is 1.58 bits per heavy atom. The van der Waals surface area contributed by atoms with Crippen LogP contribution in [0, 0.1) is 5.41 Å². The van der Waals surface area contributed by atoms with Crippen LogP contribution in [-0.4, -0.2) is 48.7 Å². The van der Waals surface area contributed by atoms with E-state index < -0.39 is 7.92 Å². The van der Waals surface area contributed by atoms with Crippen LogP contribution in [0.1, 0.15) is 17.5 Å². The van der Waals surface area contributed by atoms with Gasteiger partial charge in [-0.2, -0.15) is 0 Å². The highest BCUT2D eigenvalue weighted by Gasteiger charge is 2.47. The maximum atomic E-state index is 13.7. The van der Waals surface area contributed by atoms with Crippen LogP contribution in [0.25, 0.3) is 0 Å². The SMILES string of the molecule is CN(C)C(=O)N1CC(Cc2ccccc2)(Cc2ccccc2)C[C@H]1CP(c1ccccc1)c1ccccc1. The summed E-state index contributed by atoms with van der Waals surface area (Å²) >= 11 is 0. The van der Waals surface area contributed by atoms with Gasteiger partial charge in [0, 0.05) is 26.7 Å². The Balaban J connectivity index is 1.53. The van der Waals surface area contributed by atoms with Crippen LogP contribution < -0.4 is 10.6 Å². The fourth-order valence-corrected chi connectivity index (χ4v) is 8.50. The van der Waals surface area contributed by atoms with Crippen LogP contribution in [-0.2, 0) is 12.8 Å². The van der Waals surface area contributed by atoms with E-state index in [1.165, 1.54) is 21.7 Å². The molecule has 1 aliphatic rings. The zero-order valence-corrected chi connectivity index (χ0v) is 23.3. The summed E-state index contributed by atoms with van der Waals surface area (Å²) in [5.41, 5.74) is 2.66. The average Bonchev–Trinajstić information content (AvgIpc) is 3.30. The molecule has 0 bridgehead atoms. The van der Waals surface area contributed by atoms with E-state index in [1.54, 1.807) is 4.90 Å². The third kappa shape index (κ3) is 6.17. The van der Waals surface area contributed by atoms with Crippen LogP contribution in [0.2, 0.25) is 0 Å².